The highest BCUT2D eigenvalue weighted by molar-refractivity contribution is 7.15. The number of hydrogen-bond donors (Lipinski definition) is 1. The number of aryl methyl sites for hydroxylation is 1. The van der Waals surface area contributed by atoms with E-state index in [4.69, 9.17) is 0 Å². The zero-order valence-corrected chi connectivity index (χ0v) is 11.5. The molecule has 1 aromatic carbocycles. The molecule has 3 rings (SSSR count). The first-order chi connectivity index (χ1) is 9.15. The molecule has 3 nitrogen and oxygen atoms in total. The van der Waals surface area contributed by atoms with Crippen molar-refractivity contribution in [2.75, 3.05) is 11.9 Å². The second kappa shape index (κ2) is 4.90. The third kappa shape index (κ3) is 2.35. The molecule has 1 aliphatic rings. The number of fused-ring (bicyclic) bond motifs is 1. The van der Waals surface area contributed by atoms with Gasteiger partial charge in [0.15, 0.2) is 5.13 Å². The van der Waals surface area contributed by atoms with Crippen LogP contribution in [-0.4, -0.2) is 17.1 Å². The number of aliphatic hydroxyl groups excluding tert-OH is 1. The summed E-state index contributed by atoms with van der Waals surface area (Å²) < 4.78 is 13.2. The summed E-state index contributed by atoms with van der Waals surface area (Å²) in [6, 6.07) is 6.44. The van der Waals surface area contributed by atoms with E-state index in [1.807, 2.05) is 18.0 Å². The highest BCUT2D eigenvalue weighted by Gasteiger charge is 2.24. The minimum absolute atomic E-state index is 0.259. The van der Waals surface area contributed by atoms with Gasteiger partial charge in [-0.15, -0.1) is 0 Å². The summed E-state index contributed by atoms with van der Waals surface area (Å²) in [6.07, 6.45) is 2.30. The van der Waals surface area contributed by atoms with Crippen LogP contribution in [-0.2, 0) is 6.42 Å². The molecule has 1 heterocycles. The summed E-state index contributed by atoms with van der Waals surface area (Å²) in [5.41, 5.74) is 1.75. The van der Waals surface area contributed by atoms with E-state index in [9.17, 15) is 9.50 Å². The lowest BCUT2D eigenvalue weighted by Gasteiger charge is -2.15. The van der Waals surface area contributed by atoms with Gasteiger partial charge in [0.25, 0.3) is 0 Å². The average Bonchev–Trinajstić information content (AvgIpc) is 2.83. The van der Waals surface area contributed by atoms with Crippen LogP contribution in [0, 0.1) is 5.82 Å². The van der Waals surface area contributed by atoms with Gasteiger partial charge < -0.3 is 10.0 Å². The summed E-state index contributed by atoms with van der Waals surface area (Å²) >= 11 is 1.49. The second-order valence-corrected chi connectivity index (χ2v) is 5.76. The molecule has 1 N–H and O–H groups in total. The fraction of sp³-hybridized carbons (Fsp3) is 0.357. The lowest BCUT2D eigenvalue weighted by Crippen LogP contribution is -2.09. The first kappa shape index (κ1) is 12.6. The first-order valence-corrected chi connectivity index (χ1v) is 7.14. The van der Waals surface area contributed by atoms with Crippen LogP contribution >= 0.6 is 11.3 Å². The molecule has 0 amide bonds. The van der Waals surface area contributed by atoms with Gasteiger partial charge in [-0.3, -0.25) is 0 Å². The highest BCUT2D eigenvalue weighted by Crippen LogP contribution is 2.38. The van der Waals surface area contributed by atoms with E-state index in [2.05, 4.69) is 4.98 Å². The van der Waals surface area contributed by atoms with Gasteiger partial charge in [-0.25, -0.2) is 9.37 Å². The predicted octanol–water partition coefficient (Wildman–Crippen LogP) is 3.42. The van der Waals surface area contributed by atoms with E-state index in [0.29, 0.717) is 0 Å². The molecule has 0 aliphatic heterocycles. The quantitative estimate of drug-likeness (QED) is 0.914. The van der Waals surface area contributed by atoms with Gasteiger partial charge in [-0.2, -0.15) is 0 Å². The lowest BCUT2D eigenvalue weighted by atomic mass is 10.0. The van der Waals surface area contributed by atoms with Crippen molar-refractivity contribution in [3.05, 3.63) is 40.7 Å². The number of anilines is 2. The molecular formula is C14H15FN2OS. The van der Waals surface area contributed by atoms with Crippen LogP contribution in [0.1, 0.15) is 29.5 Å². The van der Waals surface area contributed by atoms with Crippen LogP contribution in [0.5, 0.6) is 0 Å². The summed E-state index contributed by atoms with van der Waals surface area (Å²) in [5, 5.41) is 10.8. The van der Waals surface area contributed by atoms with Gasteiger partial charge in [0, 0.05) is 12.7 Å². The molecule has 1 unspecified atom stereocenters. The van der Waals surface area contributed by atoms with Crippen molar-refractivity contribution in [3.63, 3.8) is 0 Å². The minimum Gasteiger partial charge on any atom is -0.388 e. The maximum atomic E-state index is 13.2. The minimum atomic E-state index is -0.393. The Labute approximate surface area is 115 Å². The van der Waals surface area contributed by atoms with Gasteiger partial charge in [0.1, 0.15) is 5.82 Å². The molecule has 0 fully saturated rings. The molecule has 1 aromatic heterocycles. The number of thiazole rings is 1. The van der Waals surface area contributed by atoms with E-state index in [0.717, 1.165) is 40.7 Å². The average molecular weight is 278 g/mol. The van der Waals surface area contributed by atoms with E-state index in [1.54, 1.807) is 6.07 Å². The van der Waals surface area contributed by atoms with E-state index in [1.165, 1.54) is 23.5 Å². The molecule has 0 bridgehead atoms. The fourth-order valence-electron chi connectivity index (χ4n) is 2.32. The number of rotatable bonds is 2. The molecule has 19 heavy (non-hydrogen) atoms. The molecule has 2 aromatic rings. The van der Waals surface area contributed by atoms with Crippen molar-refractivity contribution in [3.8, 4) is 0 Å². The maximum absolute atomic E-state index is 13.2. The Balaban J connectivity index is 1.94. The second-order valence-electron chi connectivity index (χ2n) is 4.75. The third-order valence-electron chi connectivity index (χ3n) is 3.39. The van der Waals surface area contributed by atoms with Crippen LogP contribution in [0.25, 0.3) is 0 Å². The molecule has 1 atom stereocenters. The van der Waals surface area contributed by atoms with Crippen molar-refractivity contribution in [2.24, 2.45) is 0 Å². The van der Waals surface area contributed by atoms with Crippen LogP contribution in [0.3, 0.4) is 0 Å². The lowest BCUT2D eigenvalue weighted by molar-refractivity contribution is 0.160. The molecule has 0 saturated carbocycles. The van der Waals surface area contributed by atoms with Crippen molar-refractivity contribution >= 4 is 22.2 Å². The summed E-state index contributed by atoms with van der Waals surface area (Å²) in [5.74, 6) is -0.259. The van der Waals surface area contributed by atoms with Gasteiger partial charge in [-0.1, -0.05) is 17.4 Å². The third-order valence-corrected chi connectivity index (χ3v) is 4.67. The SMILES string of the molecule is CN(c1cccc(F)c1)c1nc2c(s1)C(O)CCC2. The number of aliphatic hydroxyl groups is 1. The zero-order chi connectivity index (χ0) is 13.4. The number of nitrogens with zero attached hydrogens (tertiary/aromatic N) is 2. The summed E-state index contributed by atoms with van der Waals surface area (Å²) in [4.78, 5) is 7.39. The smallest absolute Gasteiger partial charge is 0.190 e. The standard InChI is InChI=1S/C14H15FN2OS/c1-17(10-5-2-4-9(15)8-10)14-16-11-6-3-7-12(18)13(11)19-14/h2,4-5,8,12,18H,3,6-7H2,1H3. The Morgan fingerprint density at radius 2 is 2.32 bits per heavy atom. The summed E-state index contributed by atoms with van der Waals surface area (Å²) in [7, 11) is 1.87. The van der Waals surface area contributed by atoms with Gasteiger partial charge in [0.05, 0.1) is 16.7 Å². The molecule has 100 valence electrons. The normalized spacial score (nSPS) is 18.2. The van der Waals surface area contributed by atoms with Crippen molar-refractivity contribution in [1.82, 2.24) is 4.98 Å². The van der Waals surface area contributed by atoms with Crippen molar-refractivity contribution in [2.45, 2.75) is 25.4 Å². The van der Waals surface area contributed by atoms with E-state index < -0.39 is 6.10 Å². The van der Waals surface area contributed by atoms with Gasteiger partial charge in [0.2, 0.25) is 0 Å². The first-order valence-electron chi connectivity index (χ1n) is 6.32. The van der Waals surface area contributed by atoms with Crippen LogP contribution < -0.4 is 4.90 Å². The van der Waals surface area contributed by atoms with Crippen LogP contribution in [0.4, 0.5) is 15.2 Å². The Hall–Kier alpha value is -1.46. The number of halogens is 1. The number of aromatic nitrogens is 1. The largest absolute Gasteiger partial charge is 0.388 e. The molecule has 1 aliphatic carbocycles. The van der Waals surface area contributed by atoms with E-state index in [-0.39, 0.29) is 5.82 Å². The Kier molecular flexibility index (Phi) is 3.24. The molecule has 0 radical (unpaired) electrons. The van der Waals surface area contributed by atoms with Gasteiger partial charge in [-0.05, 0) is 37.5 Å². The number of benzene rings is 1. The zero-order valence-electron chi connectivity index (χ0n) is 10.6. The van der Waals surface area contributed by atoms with E-state index >= 15 is 0 Å². The number of hydrogen-bond acceptors (Lipinski definition) is 4. The van der Waals surface area contributed by atoms with Crippen molar-refractivity contribution in [1.29, 1.82) is 0 Å². The summed E-state index contributed by atoms with van der Waals surface area (Å²) in [6.45, 7) is 0. The van der Waals surface area contributed by atoms with Crippen LogP contribution in [0.2, 0.25) is 0 Å². The molecule has 0 saturated heterocycles. The molecule has 5 heteroatoms. The van der Waals surface area contributed by atoms with Crippen LogP contribution in [0.15, 0.2) is 24.3 Å². The fourth-order valence-corrected chi connectivity index (χ4v) is 3.44. The monoisotopic (exact) mass is 278 g/mol. The molecular weight excluding hydrogens is 263 g/mol. The topological polar surface area (TPSA) is 36.4 Å². The molecule has 0 spiro atoms. The Morgan fingerprint density at radius 3 is 3.05 bits per heavy atom. The van der Waals surface area contributed by atoms with Gasteiger partial charge >= 0.3 is 0 Å². The Morgan fingerprint density at radius 1 is 1.47 bits per heavy atom. The Bertz CT molecular complexity index is 599. The van der Waals surface area contributed by atoms with Crippen molar-refractivity contribution < 1.29 is 9.50 Å². The predicted molar refractivity (Wildman–Crippen MR) is 74.5 cm³/mol. The highest BCUT2D eigenvalue weighted by atomic mass is 32.1. The maximum Gasteiger partial charge on any atom is 0.190 e.